The maximum Gasteiger partial charge on any atom is 0.138 e. The molecule has 0 amide bonds. The van der Waals surface area contributed by atoms with Gasteiger partial charge in [-0.25, -0.2) is 4.98 Å². The number of rotatable bonds is 1. The van der Waals surface area contributed by atoms with Crippen molar-refractivity contribution >= 4 is 43.3 Å². The molecule has 124 valence electrons. The minimum absolute atomic E-state index is 0.536. The van der Waals surface area contributed by atoms with Gasteiger partial charge in [0.15, 0.2) is 0 Å². The zero-order chi connectivity index (χ0) is 17.2. The van der Waals surface area contributed by atoms with Gasteiger partial charge in [0.2, 0.25) is 0 Å². The summed E-state index contributed by atoms with van der Waals surface area (Å²) in [7, 11) is 0. The third kappa shape index (κ3) is 3.35. The molecule has 5 rings (SSSR count). The zero-order valence-electron chi connectivity index (χ0n) is 13.7. The second-order valence-electron chi connectivity index (χ2n) is 6.24. The summed E-state index contributed by atoms with van der Waals surface area (Å²) in [5.41, 5.74) is 6.93. The molecule has 0 radical (unpaired) electrons. The summed E-state index contributed by atoms with van der Waals surface area (Å²) in [6.07, 6.45) is 6.34. The maximum absolute atomic E-state index is 5.63. The van der Waals surface area contributed by atoms with Crippen LogP contribution in [-0.2, 0) is 0 Å². The molecule has 0 aliphatic heterocycles. The largest absolute Gasteiger partial charge is 0.383 e. The number of hydrogen-bond donors (Lipinski definition) is 1. The molecular weight excluding hydrogens is 374 g/mol. The van der Waals surface area contributed by atoms with Crippen molar-refractivity contribution in [1.29, 1.82) is 0 Å². The van der Waals surface area contributed by atoms with E-state index in [0.29, 0.717) is 5.82 Å². The number of hydrogen-bond acceptors (Lipinski definition) is 3. The number of fused-ring (bicyclic) bond motifs is 2. The van der Waals surface area contributed by atoms with Crippen LogP contribution in [0.3, 0.4) is 0 Å². The van der Waals surface area contributed by atoms with Gasteiger partial charge in [0.05, 0.1) is 10.2 Å². The summed E-state index contributed by atoms with van der Waals surface area (Å²) >= 11 is 3.39. The zero-order valence-corrected chi connectivity index (χ0v) is 15.3. The molecule has 1 aliphatic carbocycles. The topological polar surface area (TPSA) is 51.8 Å². The molecule has 1 fully saturated rings. The second-order valence-corrected chi connectivity index (χ2v) is 7.03. The van der Waals surface area contributed by atoms with Crippen LogP contribution in [0.4, 0.5) is 5.82 Å². The van der Waals surface area contributed by atoms with Crippen molar-refractivity contribution in [2.45, 2.75) is 18.8 Å². The fourth-order valence-electron chi connectivity index (χ4n) is 2.97. The van der Waals surface area contributed by atoms with E-state index in [-0.39, 0.29) is 0 Å². The number of aromatic nitrogens is 2. The predicted molar refractivity (Wildman–Crippen MR) is 108 cm³/mol. The summed E-state index contributed by atoms with van der Waals surface area (Å²) in [5, 5.41) is 4.86. The molecule has 2 aromatic heterocycles. The standard InChI is InChI=1S/C12H11N.C9H7BrN2/c1-2-4-11-9(3-1)7-8-13-12(11)10-5-6-10;10-8-7-4-2-1-3-6(7)5-12-9(8)11/h1-4,7-8,10H,5-6H2;1-5H,(H2,11,12). The van der Waals surface area contributed by atoms with Gasteiger partial charge >= 0.3 is 0 Å². The average molecular weight is 392 g/mol. The first-order valence-electron chi connectivity index (χ1n) is 8.36. The lowest BCUT2D eigenvalue weighted by Gasteiger charge is -2.02. The monoisotopic (exact) mass is 391 g/mol. The molecule has 0 spiro atoms. The van der Waals surface area contributed by atoms with Crippen molar-refractivity contribution < 1.29 is 0 Å². The van der Waals surface area contributed by atoms with E-state index in [9.17, 15) is 0 Å². The predicted octanol–water partition coefficient (Wildman–Crippen LogP) is 5.69. The molecule has 2 heterocycles. The van der Waals surface area contributed by atoms with Crippen LogP contribution >= 0.6 is 15.9 Å². The molecule has 1 saturated carbocycles. The molecule has 0 atom stereocenters. The summed E-state index contributed by atoms with van der Waals surface area (Å²) in [6, 6.07) is 18.6. The first kappa shape index (κ1) is 16.0. The van der Waals surface area contributed by atoms with Crippen molar-refractivity contribution in [3.63, 3.8) is 0 Å². The Kier molecular flexibility index (Phi) is 4.36. The molecule has 0 bridgehead atoms. The highest BCUT2D eigenvalue weighted by Gasteiger charge is 2.26. The van der Waals surface area contributed by atoms with E-state index in [1.54, 1.807) is 6.20 Å². The van der Waals surface area contributed by atoms with Crippen molar-refractivity contribution in [3.05, 3.63) is 77.2 Å². The van der Waals surface area contributed by atoms with Crippen LogP contribution < -0.4 is 5.73 Å². The van der Waals surface area contributed by atoms with Crippen LogP contribution in [0.2, 0.25) is 0 Å². The van der Waals surface area contributed by atoms with E-state index < -0.39 is 0 Å². The van der Waals surface area contributed by atoms with Crippen LogP contribution in [0.15, 0.2) is 71.5 Å². The number of benzene rings is 2. The van der Waals surface area contributed by atoms with Crippen LogP contribution in [0.25, 0.3) is 21.5 Å². The Hall–Kier alpha value is -2.46. The Balaban J connectivity index is 0.000000126. The summed E-state index contributed by atoms with van der Waals surface area (Å²) in [6.45, 7) is 0. The smallest absolute Gasteiger partial charge is 0.138 e. The second kappa shape index (κ2) is 6.81. The van der Waals surface area contributed by atoms with Gasteiger partial charge in [-0.2, -0.15) is 0 Å². The van der Waals surface area contributed by atoms with Crippen molar-refractivity contribution in [1.82, 2.24) is 9.97 Å². The lowest BCUT2D eigenvalue weighted by atomic mass is 10.1. The molecule has 1 aliphatic rings. The number of nitrogen functional groups attached to an aromatic ring is 1. The molecule has 2 N–H and O–H groups in total. The molecule has 3 nitrogen and oxygen atoms in total. The molecule has 4 heteroatoms. The van der Waals surface area contributed by atoms with E-state index in [0.717, 1.165) is 21.2 Å². The minimum atomic E-state index is 0.536. The summed E-state index contributed by atoms with van der Waals surface area (Å²) < 4.78 is 0.876. The van der Waals surface area contributed by atoms with Crippen LogP contribution in [0.1, 0.15) is 24.5 Å². The highest BCUT2D eigenvalue weighted by molar-refractivity contribution is 9.10. The fourth-order valence-corrected chi connectivity index (χ4v) is 3.43. The summed E-state index contributed by atoms with van der Waals surface area (Å²) in [5.74, 6) is 1.28. The molecule has 4 aromatic rings. The van der Waals surface area contributed by atoms with Gasteiger partial charge in [-0.3, -0.25) is 4.98 Å². The quantitative estimate of drug-likeness (QED) is 0.453. The molecule has 0 unspecified atom stereocenters. The van der Waals surface area contributed by atoms with Crippen molar-refractivity contribution in [3.8, 4) is 0 Å². The highest BCUT2D eigenvalue weighted by Crippen LogP contribution is 2.41. The van der Waals surface area contributed by atoms with E-state index in [1.807, 2.05) is 30.5 Å². The first-order chi connectivity index (χ1) is 12.2. The first-order valence-corrected chi connectivity index (χ1v) is 9.15. The summed E-state index contributed by atoms with van der Waals surface area (Å²) in [4.78, 5) is 8.51. The SMILES string of the molecule is Nc1ncc2ccccc2c1Br.c1ccc2c(C3CC3)nccc2c1. The molecule has 25 heavy (non-hydrogen) atoms. The van der Waals surface area contributed by atoms with Gasteiger partial charge in [-0.05, 0) is 40.2 Å². The lowest BCUT2D eigenvalue weighted by molar-refractivity contribution is 1.05. The highest BCUT2D eigenvalue weighted by atomic mass is 79.9. The number of anilines is 1. The minimum Gasteiger partial charge on any atom is -0.383 e. The molecule has 2 aromatic carbocycles. The van der Waals surface area contributed by atoms with Crippen molar-refractivity contribution in [2.24, 2.45) is 0 Å². The van der Waals surface area contributed by atoms with Gasteiger partial charge in [0.1, 0.15) is 5.82 Å². The van der Waals surface area contributed by atoms with E-state index >= 15 is 0 Å². The lowest BCUT2D eigenvalue weighted by Crippen LogP contribution is -1.91. The van der Waals surface area contributed by atoms with Gasteiger partial charge < -0.3 is 5.73 Å². The Bertz CT molecular complexity index is 1040. The fraction of sp³-hybridized carbons (Fsp3) is 0.143. The van der Waals surface area contributed by atoms with Crippen molar-refractivity contribution in [2.75, 3.05) is 5.73 Å². The van der Waals surface area contributed by atoms with E-state index in [1.165, 1.54) is 29.3 Å². The number of pyridine rings is 2. The Morgan fingerprint density at radius 3 is 2.28 bits per heavy atom. The van der Waals surface area contributed by atoms with Gasteiger partial charge in [0.25, 0.3) is 0 Å². The van der Waals surface area contributed by atoms with Gasteiger partial charge in [-0.15, -0.1) is 0 Å². The third-order valence-corrected chi connectivity index (χ3v) is 5.27. The normalized spacial score (nSPS) is 13.5. The average Bonchev–Trinajstić information content (AvgIpc) is 3.50. The molecule has 0 saturated heterocycles. The molecular formula is C21H18BrN3. The van der Waals surface area contributed by atoms with E-state index in [2.05, 4.69) is 56.2 Å². The Morgan fingerprint density at radius 1 is 0.840 bits per heavy atom. The van der Waals surface area contributed by atoms with Crippen LogP contribution in [0, 0.1) is 0 Å². The van der Waals surface area contributed by atoms with Crippen LogP contribution in [0.5, 0.6) is 0 Å². The number of halogens is 1. The van der Waals surface area contributed by atoms with Crippen LogP contribution in [-0.4, -0.2) is 9.97 Å². The Morgan fingerprint density at radius 2 is 1.52 bits per heavy atom. The maximum atomic E-state index is 5.63. The van der Waals surface area contributed by atoms with E-state index in [4.69, 9.17) is 5.73 Å². The van der Waals surface area contributed by atoms with Gasteiger partial charge in [-0.1, -0.05) is 48.5 Å². The Labute approximate surface area is 155 Å². The number of nitrogens with zero attached hydrogens (tertiary/aromatic N) is 2. The third-order valence-electron chi connectivity index (χ3n) is 4.43. The number of nitrogens with two attached hydrogens (primary N) is 1. The van der Waals surface area contributed by atoms with Gasteiger partial charge in [0, 0.05) is 34.5 Å².